The molecule has 10 heteroatoms. The zero-order chi connectivity index (χ0) is 25.8. The number of anilines is 2. The number of benzene rings is 3. The maximum absolute atomic E-state index is 12.2. The Labute approximate surface area is 208 Å². The molecule has 0 unspecified atom stereocenters. The van der Waals surface area contributed by atoms with Gasteiger partial charge in [-0.2, -0.15) is 5.10 Å². The molecule has 36 heavy (non-hydrogen) atoms. The minimum absolute atomic E-state index is 0.209. The van der Waals surface area contributed by atoms with Crippen LogP contribution in [0.15, 0.2) is 77.9 Å². The lowest BCUT2D eigenvalue weighted by atomic mass is 10.2. The van der Waals surface area contributed by atoms with Crippen LogP contribution in [0.25, 0.3) is 0 Å². The third-order valence-corrected chi connectivity index (χ3v) is 4.63. The van der Waals surface area contributed by atoms with Gasteiger partial charge in [0.15, 0.2) is 18.1 Å². The monoisotopic (exact) mass is 490 g/mol. The van der Waals surface area contributed by atoms with Gasteiger partial charge in [-0.05, 0) is 55.0 Å². The van der Waals surface area contributed by atoms with Crippen LogP contribution in [0.5, 0.6) is 17.2 Å². The molecule has 0 radical (unpaired) electrons. The first kappa shape index (κ1) is 25.8. The highest BCUT2D eigenvalue weighted by Crippen LogP contribution is 2.28. The van der Waals surface area contributed by atoms with Gasteiger partial charge in [-0.1, -0.05) is 30.3 Å². The van der Waals surface area contributed by atoms with Crippen LogP contribution in [0, 0.1) is 0 Å². The summed E-state index contributed by atoms with van der Waals surface area (Å²) in [6, 6.07) is 20.7. The molecule has 3 aromatic rings. The lowest BCUT2D eigenvalue weighted by Crippen LogP contribution is -2.32. The van der Waals surface area contributed by atoms with Crippen LogP contribution in [0.3, 0.4) is 0 Å². The highest BCUT2D eigenvalue weighted by molar-refractivity contribution is 6.39. The number of ether oxygens (including phenoxy) is 3. The molecule has 0 heterocycles. The molecule has 0 saturated carbocycles. The molecule has 3 aromatic carbocycles. The maximum atomic E-state index is 12.2. The number of nitrogens with zero attached hydrogens (tertiary/aromatic N) is 1. The van der Waals surface area contributed by atoms with E-state index in [2.05, 4.69) is 21.2 Å². The van der Waals surface area contributed by atoms with Crippen LogP contribution >= 0.6 is 0 Å². The van der Waals surface area contributed by atoms with Crippen molar-refractivity contribution in [1.82, 2.24) is 5.43 Å². The molecule has 0 aromatic heterocycles. The summed E-state index contributed by atoms with van der Waals surface area (Å²) in [5.41, 5.74) is 3.77. The lowest BCUT2D eigenvalue weighted by molar-refractivity contribution is -0.136. The quantitative estimate of drug-likeness (QED) is 0.228. The molecule has 0 fully saturated rings. The normalized spacial score (nSPS) is 10.4. The molecule has 0 atom stereocenters. The van der Waals surface area contributed by atoms with Crippen molar-refractivity contribution in [2.45, 2.75) is 6.92 Å². The number of carbonyl (C=O) groups is 3. The number of rotatable bonds is 10. The summed E-state index contributed by atoms with van der Waals surface area (Å²) in [7, 11) is 1.46. The smallest absolute Gasteiger partial charge is 0.329 e. The van der Waals surface area contributed by atoms with Crippen molar-refractivity contribution in [2.24, 2.45) is 5.10 Å². The summed E-state index contributed by atoms with van der Waals surface area (Å²) < 4.78 is 16.4. The SMILES string of the molecule is CCOc1cc(/C=N\NC(=O)C(=O)Nc2ccccc2OC)ccc1OCC(=O)Nc1ccccc1. The van der Waals surface area contributed by atoms with Crippen molar-refractivity contribution >= 4 is 35.3 Å². The van der Waals surface area contributed by atoms with Crippen LogP contribution in [0.4, 0.5) is 11.4 Å². The van der Waals surface area contributed by atoms with Crippen molar-refractivity contribution in [3.05, 3.63) is 78.4 Å². The molecular formula is C26H26N4O6. The van der Waals surface area contributed by atoms with Crippen molar-refractivity contribution in [2.75, 3.05) is 31.0 Å². The molecule has 0 bridgehead atoms. The summed E-state index contributed by atoms with van der Waals surface area (Å²) in [5, 5.41) is 9.02. The van der Waals surface area contributed by atoms with E-state index in [9.17, 15) is 14.4 Å². The Kier molecular flexibility index (Phi) is 9.40. The van der Waals surface area contributed by atoms with Crippen LogP contribution < -0.4 is 30.3 Å². The van der Waals surface area contributed by atoms with Gasteiger partial charge in [0.25, 0.3) is 5.91 Å². The highest BCUT2D eigenvalue weighted by atomic mass is 16.5. The van der Waals surface area contributed by atoms with E-state index in [0.717, 1.165) is 0 Å². The molecular weight excluding hydrogens is 464 g/mol. The zero-order valence-corrected chi connectivity index (χ0v) is 19.8. The van der Waals surface area contributed by atoms with Gasteiger partial charge in [-0.15, -0.1) is 0 Å². The Hall–Kier alpha value is -4.86. The van der Waals surface area contributed by atoms with E-state index in [0.29, 0.717) is 40.8 Å². The molecule has 0 spiro atoms. The lowest BCUT2D eigenvalue weighted by Gasteiger charge is -2.12. The molecule has 0 aliphatic rings. The topological polar surface area (TPSA) is 127 Å². The predicted molar refractivity (Wildman–Crippen MR) is 136 cm³/mol. The Bertz CT molecular complexity index is 1230. The standard InChI is InChI=1S/C26H26N4O6/c1-3-35-23-15-18(13-14-22(23)36-17-24(31)28-19-9-5-4-6-10-19)16-27-30-26(33)25(32)29-20-11-7-8-12-21(20)34-2/h4-16H,3,17H2,1-2H3,(H,28,31)(H,29,32)(H,30,33)/b27-16-. The molecule has 10 nitrogen and oxygen atoms in total. The van der Waals surface area contributed by atoms with E-state index in [1.54, 1.807) is 54.6 Å². The molecule has 3 rings (SSSR count). The fraction of sp³-hybridized carbons (Fsp3) is 0.154. The summed E-state index contributed by atoms with van der Waals surface area (Å²) >= 11 is 0. The Balaban J connectivity index is 1.56. The van der Waals surface area contributed by atoms with Crippen LogP contribution in [-0.2, 0) is 14.4 Å². The predicted octanol–water partition coefficient (Wildman–Crippen LogP) is 3.20. The number of hydrazone groups is 1. The van der Waals surface area contributed by atoms with Gasteiger partial charge in [-0.3, -0.25) is 14.4 Å². The van der Waals surface area contributed by atoms with E-state index in [1.807, 2.05) is 25.1 Å². The van der Waals surface area contributed by atoms with E-state index in [-0.39, 0.29) is 12.5 Å². The minimum Gasteiger partial charge on any atom is -0.495 e. The van der Waals surface area contributed by atoms with Gasteiger partial charge in [0.1, 0.15) is 5.75 Å². The second-order valence-electron chi connectivity index (χ2n) is 7.20. The van der Waals surface area contributed by atoms with Gasteiger partial charge in [0.05, 0.1) is 25.6 Å². The van der Waals surface area contributed by atoms with Crippen molar-refractivity contribution in [1.29, 1.82) is 0 Å². The van der Waals surface area contributed by atoms with Gasteiger partial charge >= 0.3 is 11.8 Å². The molecule has 0 saturated heterocycles. The average molecular weight is 491 g/mol. The van der Waals surface area contributed by atoms with Crippen LogP contribution in [0.2, 0.25) is 0 Å². The summed E-state index contributed by atoms with van der Waals surface area (Å²) in [6.45, 7) is 1.97. The third kappa shape index (κ3) is 7.59. The number of para-hydroxylation sites is 3. The van der Waals surface area contributed by atoms with Gasteiger partial charge in [0.2, 0.25) is 0 Å². The van der Waals surface area contributed by atoms with Gasteiger partial charge in [-0.25, -0.2) is 5.43 Å². The second kappa shape index (κ2) is 13.1. The number of carbonyl (C=O) groups excluding carboxylic acids is 3. The zero-order valence-electron chi connectivity index (χ0n) is 19.8. The fourth-order valence-corrected chi connectivity index (χ4v) is 3.00. The largest absolute Gasteiger partial charge is 0.495 e. The van der Waals surface area contributed by atoms with Crippen LogP contribution in [-0.4, -0.2) is 44.3 Å². The Morgan fingerprint density at radius 2 is 1.58 bits per heavy atom. The maximum Gasteiger partial charge on any atom is 0.329 e. The number of hydrogen-bond donors (Lipinski definition) is 3. The number of hydrogen-bond acceptors (Lipinski definition) is 7. The third-order valence-electron chi connectivity index (χ3n) is 4.63. The minimum atomic E-state index is -0.952. The molecule has 0 aliphatic carbocycles. The summed E-state index contributed by atoms with van der Waals surface area (Å²) in [4.78, 5) is 36.4. The first-order valence-corrected chi connectivity index (χ1v) is 11.0. The molecule has 3 N–H and O–H groups in total. The van der Waals surface area contributed by atoms with E-state index >= 15 is 0 Å². The number of nitrogens with one attached hydrogen (secondary N) is 3. The van der Waals surface area contributed by atoms with E-state index in [1.165, 1.54) is 13.3 Å². The Morgan fingerprint density at radius 1 is 0.833 bits per heavy atom. The van der Waals surface area contributed by atoms with Crippen molar-refractivity contribution in [3.63, 3.8) is 0 Å². The fourth-order valence-electron chi connectivity index (χ4n) is 3.00. The van der Waals surface area contributed by atoms with E-state index in [4.69, 9.17) is 14.2 Å². The number of methoxy groups -OCH3 is 1. The van der Waals surface area contributed by atoms with Crippen molar-refractivity contribution in [3.8, 4) is 17.2 Å². The molecule has 186 valence electrons. The Morgan fingerprint density at radius 3 is 2.33 bits per heavy atom. The summed E-state index contributed by atoms with van der Waals surface area (Å²) in [5.74, 6) is -0.976. The second-order valence-corrected chi connectivity index (χ2v) is 7.20. The summed E-state index contributed by atoms with van der Waals surface area (Å²) in [6.07, 6.45) is 1.35. The highest BCUT2D eigenvalue weighted by Gasteiger charge is 2.15. The van der Waals surface area contributed by atoms with Gasteiger partial charge < -0.3 is 24.8 Å². The van der Waals surface area contributed by atoms with E-state index < -0.39 is 11.8 Å². The van der Waals surface area contributed by atoms with Gasteiger partial charge in [0, 0.05) is 5.69 Å². The molecule has 3 amide bonds. The number of amides is 3. The first-order chi connectivity index (χ1) is 17.5. The average Bonchev–Trinajstić information content (AvgIpc) is 2.89. The van der Waals surface area contributed by atoms with Crippen LogP contribution in [0.1, 0.15) is 12.5 Å². The van der Waals surface area contributed by atoms with Crippen molar-refractivity contribution < 1.29 is 28.6 Å². The molecule has 0 aliphatic heterocycles. The first-order valence-electron chi connectivity index (χ1n) is 11.0.